The third-order valence-corrected chi connectivity index (χ3v) is 5.24. The van der Waals surface area contributed by atoms with E-state index in [0.717, 1.165) is 36.7 Å². The van der Waals surface area contributed by atoms with Gasteiger partial charge in [-0.25, -0.2) is 4.39 Å². The number of halogens is 1. The van der Waals surface area contributed by atoms with Crippen LogP contribution < -0.4 is 10.9 Å². The molecule has 0 aliphatic heterocycles. The molecule has 0 bridgehead atoms. The first-order valence-corrected chi connectivity index (χ1v) is 9.52. The molecule has 136 valence electrons. The molecular weight excluding hydrogens is 357 g/mol. The summed E-state index contributed by atoms with van der Waals surface area (Å²) in [5, 5.41) is 9.29. The summed E-state index contributed by atoms with van der Waals surface area (Å²) in [4.78, 5) is 23.9. The van der Waals surface area contributed by atoms with E-state index in [1.54, 1.807) is 0 Å². The molecule has 1 aromatic heterocycles. The Kier molecular flexibility index (Phi) is 4.62. The Morgan fingerprint density at radius 3 is 2.50 bits per heavy atom. The molecule has 0 radical (unpaired) electrons. The molecule has 0 atom stereocenters. The Labute approximate surface area is 153 Å². The Morgan fingerprint density at radius 1 is 1.12 bits per heavy atom. The lowest BCUT2D eigenvalue weighted by Gasteiger charge is -2.09. The zero-order valence-electron chi connectivity index (χ0n) is 13.9. The fourth-order valence-electron chi connectivity index (χ4n) is 2.65. The van der Waals surface area contributed by atoms with Crippen molar-refractivity contribution in [2.75, 3.05) is 5.75 Å². The molecule has 2 amide bonds. The predicted octanol–water partition coefficient (Wildman–Crippen LogP) is 2.18. The number of carbonyl (C=O) groups excluding carboxylic acids is 2. The minimum absolute atomic E-state index is 0.124. The van der Waals surface area contributed by atoms with Gasteiger partial charge >= 0.3 is 0 Å². The van der Waals surface area contributed by atoms with Crippen molar-refractivity contribution in [3.8, 4) is 0 Å². The van der Waals surface area contributed by atoms with Gasteiger partial charge in [0.25, 0.3) is 5.91 Å². The number of hydrogen-bond acceptors (Lipinski definition) is 5. The zero-order chi connectivity index (χ0) is 18.1. The second-order valence-electron chi connectivity index (χ2n) is 6.51. The summed E-state index contributed by atoms with van der Waals surface area (Å²) in [5.41, 5.74) is 4.95. The first-order chi connectivity index (χ1) is 12.6. The molecule has 2 saturated carbocycles. The summed E-state index contributed by atoms with van der Waals surface area (Å²) in [6, 6.07) is 5.54. The lowest BCUT2D eigenvalue weighted by molar-refractivity contribution is -0.119. The van der Waals surface area contributed by atoms with Gasteiger partial charge in [0, 0.05) is 17.5 Å². The van der Waals surface area contributed by atoms with Crippen LogP contribution in [0.1, 0.15) is 53.8 Å². The standard InChI is InChI=1S/C17H18FN5O2S/c18-12-5-3-11(4-6-12)16(25)21-19-14(24)9-26-17-22-20-15(10-1-2-10)23(17)13-7-8-13/h3-6,10,13H,1-2,7-9H2,(H,19,24)(H,21,25). The van der Waals surface area contributed by atoms with Gasteiger partial charge in [0.1, 0.15) is 11.6 Å². The Hall–Kier alpha value is -2.42. The summed E-state index contributed by atoms with van der Waals surface area (Å²) in [6.45, 7) is 0. The molecule has 0 unspecified atom stereocenters. The predicted molar refractivity (Wildman–Crippen MR) is 93.0 cm³/mol. The van der Waals surface area contributed by atoms with Gasteiger partial charge in [-0.3, -0.25) is 20.4 Å². The van der Waals surface area contributed by atoms with Crippen LogP contribution in [0.25, 0.3) is 0 Å². The van der Waals surface area contributed by atoms with Crippen LogP contribution in [0.4, 0.5) is 4.39 Å². The van der Waals surface area contributed by atoms with Gasteiger partial charge in [-0.2, -0.15) is 0 Å². The molecule has 26 heavy (non-hydrogen) atoms. The highest BCUT2D eigenvalue weighted by molar-refractivity contribution is 7.99. The SMILES string of the molecule is O=C(CSc1nnc(C2CC2)n1C1CC1)NNC(=O)c1ccc(F)cc1. The largest absolute Gasteiger partial charge is 0.303 e. The zero-order valence-corrected chi connectivity index (χ0v) is 14.8. The van der Waals surface area contributed by atoms with Crippen molar-refractivity contribution in [3.05, 3.63) is 41.5 Å². The molecule has 2 aliphatic rings. The molecule has 0 spiro atoms. The number of carbonyl (C=O) groups is 2. The van der Waals surface area contributed by atoms with Crippen LogP contribution in [0.5, 0.6) is 0 Å². The number of nitrogens with one attached hydrogen (secondary N) is 2. The van der Waals surface area contributed by atoms with Gasteiger partial charge in [0.05, 0.1) is 5.75 Å². The highest BCUT2D eigenvalue weighted by Crippen LogP contribution is 2.45. The number of amides is 2. The van der Waals surface area contributed by atoms with Crippen molar-refractivity contribution in [2.24, 2.45) is 0 Å². The number of rotatable bonds is 6. The minimum atomic E-state index is -0.500. The Balaban J connectivity index is 1.29. The van der Waals surface area contributed by atoms with E-state index >= 15 is 0 Å². The average molecular weight is 375 g/mol. The minimum Gasteiger partial charge on any atom is -0.303 e. The summed E-state index contributed by atoms with van der Waals surface area (Å²) in [7, 11) is 0. The van der Waals surface area contributed by atoms with Crippen molar-refractivity contribution >= 4 is 23.6 Å². The number of aromatic nitrogens is 3. The van der Waals surface area contributed by atoms with E-state index in [1.165, 1.54) is 36.0 Å². The molecule has 7 nitrogen and oxygen atoms in total. The maximum absolute atomic E-state index is 12.9. The van der Waals surface area contributed by atoms with Crippen molar-refractivity contribution < 1.29 is 14.0 Å². The van der Waals surface area contributed by atoms with Crippen LogP contribution in [0.15, 0.2) is 29.4 Å². The molecular formula is C17H18FN5O2S. The number of hydrogen-bond donors (Lipinski definition) is 2. The molecule has 2 fully saturated rings. The van der Waals surface area contributed by atoms with Gasteiger partial charge in [-0.05, 0) is 49.9 Å². The second-order valence-corrected chi connectivity index (χ2v) is 7.46. The van der Waals surface area contributed by atoms with E-state index in [4.69, 9.17) is 0 Å². The first kappa shape index (κ1) is 17.0. The molecule has 0 saturated heterocycles. The maximum Gasteiger partial charge on any atom is 0.269 e. The Bertz CT molecular complexity index is 830. The van der Waals surface area contributed by atoms with Gasteiger partial charge in [0.2, 0.25) is 5.91 Å². The molecule has 1 heterocycles. The van der Waals surface area contributed by atoms with Gasteiger partial charge in [-0.15, -0.1) is 10.2 Å². The van der Waals surface area contributed by atoms with Gasteiger partial charge in [0.15, 0.2) is 5.16 Å². The van der Waals surface area contributed by atoms with E-state index in [2.05, 4.69) is 25.6 Å². The van der Waals surface area contributed by atoms with Crippen molar-refractivity contribution in [1.82, 2.24) is 25.6 Å². The summed E-state index contributed by atoms with van der Waals surface area (Å²) < 4.78 is 15.0. The first-order valence-electron chi connectivity index (χ1n) is 8.54. The van der Waals surface area contributed by atoms with Gasteiger partial charge in [-0.1, -0.05) is 11.8 Å². The lowest BCUT2D eigenvalue weighted by Crippen LogP contribution is -2.42. The summed E-state index contributed by atoms with van der Waals surface area (Å²) in [6.07, 6.45) is 4.58. The molecule has 2 aromatic rings. The number of nitrogens with zero attached hydrogens (tertiary/aromatic N) is 3. The Morgan fingerprint density at radius 2 is 1.85 bits per heavy atom. The van der Waals surface area contributed by atoms with E-state index in [9.17, 15) is 14.0 Å². The van der Waals surface area contributed by atoms with E-state index in [0.29, 0.717) is 12.0 Å². The maximum atomic E-state index is 12.9. The van der Waals surface area contributed by atoms with Gasteiger partial charge < -0.3 is 4.57 Å². The second kappa shape index (κ2) is 7.06. The van der Waals surface area contributed by atoms with Crippen LogP contribution in [-0.2, 0) is 4.79 Å². The lowest BCUT2D eigenvalue weighted by atomic mass is 10.2. The van der Waals surface area contributed by atoms with E-state index in [1.807, 2.05) is 0 Å². The third kappa shape index (κ3) is 3.87. The summed E-state index contributed by atoms with van der Waals surface area (Å²) in [5.74, 6) is 0.414. The van der Waals surface area contributed by atoms with Crippen molar-refractivity contribution in [3.63, 3.8) is 0 Å². The fraction of sp³-hybridized carbons (Fsp3) is 0.412. The highest BCUT2D eigenvalue weighted by atomic mass is 32.2. The van der Waals surface area contributed by atoms with Crippen molar-refractivity contribution in [1.29, 1.82) is 0 Å². The van der Waals surface area contributed by atoms with Crippen LogP contribution in [0, 0.1) is 5.82 Å². The van der Waals surface area contributed by atoms with Crippen LogP contribution >= 0.6 is 11.8 Å². The van der Waals surface area contributed by atoms with E-state index < -0.39 is 11.7 Å². The smallest absolute Gasteiger partial charge is 0.269 e. The average Bonchev–Trinajstić information content (AvgIpc) is 3.57. The number of thioether (sulfide) groups is 1. The molecule has 1 aromatic carbocycles. The number of hydrazine groups is 1. The fourth-order valence-corrected chi connectivity index (χ4v) is 3.46. The van der Waals surface area contributed by atoms with Crippen LogP contribution in [0.3, 0.4) is 0 Å². The van der Waals surface area contributed by atoms with E-state index in [-0.39, 0.29) is 17.2 Å². The molecule has 4 rings (SSSR count). The highest BCUT2D eigenvalue weighted by Gasteiger charge is 2.36. The molecule has 2 aliphatic carbocycles. The number of benzene rings is 1. The quantitative estimate of drug-likeness (QED) is 0.597. The molecule has 2 N–H and O–H groups in total. The topological polar surface area (TPSA) is 88.9 Å². The van der Waals surface area contributed by atoms with Crippen molar-refractivity contribution in [2.45, 2.75) is 42.8 Å². The summed E-state index contributed by atoms with van der Waals surface area (Å²) >= 11 is 1.32. The molecule has 9 heteroatoms. The third-order valence-electron chi connectivity index (χ3n) is 4.30. The normalized spacial score (nSPS) is 16.3. The monoisotopic (exact) mass is 375 g/mol. The van der Waals surface area contributed by atoms with Crippen LogP contribution in [-0.4, -0.2) is 32.3 Å². The van der Waals surface area contributed by atoms with Crippen LogP contribution in [0.2, 0.25) is 0 Å².